The highest BCUT2D eigenvalue weighted by molar-refractivity contribution is 5.99. The molecule has 1 aliphatic rings. The molecule has 116 valence electrons. The number of rotatable bonds is 5. The molecule has 21 heavy (non-hydrogen) atoms. The van der Waals surface area contributed by atoms with E-state index in [1.165, 1.54) is 0 Å². The van der Waals surface area contributed by atoms with Crippen LogP contribution in [0.3, 0.4) is 0 Å². The van der Waals surface area contributed by atoms with Crippen LogP contribution in [0, 0.1) is 5.92 Å². The molecule has 1 amide bonds. The number of aliphatic hydroxyl groups excluding tert-OH is 1. The molecule has 1 aromatic heterocycles. The van der Waals surface area contributed by atoms with Crippen LogP contribution in [0.1, 0.15) is 43.5 Å². The molecule has 1 saturated heterocycles. The van der Waals surface area contributed by atoms with Gasteiger partial charge in [-0.1, -0.05) is 6.92 Å². The van der Waals surface area contributed by atoms with E-state index in [-0.39, 0.29) is 12.0 Å². The Kier molecular flexibility index (Phi) is 5.56. The van der Waals surface area contributed by atoms with E-state index in [2.05, 4.69) is 17.2 Å². The lowest BCUT2D eigenvalue weighted by atomic mass is 9.92. The molecule has 0 bridgehead atoms. The largest absolute Gasteiger partial charge is 0.393 e. The number of pyridine rings is 1. The summed E-state index contributed by atoms with van der Waals surface area (Å²) in [4.78, 5) is 18.6. The van der Waals surface area contributed by atoms with Crippen molar-refractivity contribution in [2.45, 2.75) is 39.2 Å². The molecular formula is C16H25N3O2. The molecule has 0 aliphatic carbocycles. The second-order valence-electron chi connectivity index (χ2n) is 5.72. The fourth-order valence-corrected chi connectivity index (χ4v) is 2.73. The number of anilines is 1. The lowest BCUT2D eigenvalue weighted by Gasteiger charge is -2.33. The monoisotopic (exact) mass is 291 g/mol. The van der Waals surface area contributed by atoms with Crippen molar-refractivity contribution in [2.24, 2.45) is 5.92 Å². The van der Waals surface area contributed by atoms with E-state index in [1.807, 2.05) is 17.9 Å². The van der Waals surface area contributed by atoms with Crippen LogP contribution in [0.25, 0.3) is 0 Å². The Hall–Kier alpha value is -1.62. The van der Waals surface area contributed by atoms with Gasteiger partial charge in [-0.3, -0.25) is 9.78 Å². The van der Waals surface area contributed by atoms with Gasteiger partial charge in [0.1, 0.15) is 0 Å². The van der Waals surface area contributed by atoms with Gasteiger partial charge < -0.3 is 15.3 Å². The van der Waals surface area contributed by atoms with Gasteiger partial charge in [-0.05, 0) is 38.2 Å². The summed E-state index contributed by atoms with van der Waals surface area (Å²) in [6, 6.07) is 1.85. The second kappa shape index (κ2) is 7.41. The van der Waals surface area contributed by atoms with Gasteiger partial charge in [-0.15, -0.1) is 0 Å². The smallest absolute Gasteiger partial charge is 0.257 e. The predicted octanol–water partition coefficient (Wildman–Crippen LogP) is 2.14. The van der Waals surface area contributed by atoms with Gasteiger partial charge in [-0.25, -0.2) is 0 Å². The van der Waals surface area contributed by atoms with Gasteiger partial charge in [0, 0.05) is 32.0 Å². The van der Waals surface area contributed by atoms with Gasteiger partial charge in [0.2, 0.25) is 0 Å². The summed E-state index contributed by atoms with van der Waals surface area (Å²) in [5.41, 5.74) is 1.50. The van der Waals surface area contributed by atoms with Gasteiger partial charge in [-0.2, -0.15) is 0 Å². The summed E-state index contributed by atoms with van der Waals surface area (Å²) in [5, 5.41) is 12.9. The van der Waals surface area contributed by atoms with E-state index in [0.717, 1.165) is 31.5 Å². The third kappa shape index (κ3) is 3.94. The van der Waals surface area contributed by atoms with E-state index in [9.17, 15) is 9.90 Å². The van der Waals surface area contributed by atoms with Crippen LogP contribution >= 0.6 is 0 Å². The molecule has 1 unspecified atom stereocenters. The number of piperidine rings is 1. The van der Waals surface area contributed by atoms with Crippen molar-refractivity contribution in [1.29, 1.82) is 0 Å². The molecule has 0 saturated carbocycles. The third-order valence-corrected chi connectivity index (χ3v) is 4.13. The van der Waals surface area contributed by atoms with Crippen LogP contribution in [0.2, 0.25) is 0 Å². The number of likely N-dealkylation sites (tertiary alicyclic amines) is 1. The zero-order valence-corrected chi connectivity index (χ0v) is 12.9. The molecular weight excluding hydrogens is 266 g/mol. The Labute approximate surface area is 126 Å². The number of nitrogens with one attached hydrogen (secondary N) is 1. The number of aromatic nitrogens is 1. The van der Waals surface area contributed by atoms with Crippen molar-refractivity contribution >= 4 is 11.6 Å². The third-order valence-electron chi connectivity index (χ3n) is 4.13. The Morgan fingerprint density at radius 2 is 2.24 bits per heavy atom. The minimum absolute atomic E-state index is 0.0331. The first-order valence-corrected chi connectivity index (χ1v) is 7.78. The zero-order valence-electron chi connectivity index (χ0n) is 12.9. The van der Waals surface area contributed by atoms with Crippen molar-refractivity contribution in [3.05, 3.63) is 24.0 Å². The van der Waals surface area contributed by atoms with E-state index in [1.54, 1.807) is 12.4 Å². The van der Waals surface area contributed by atoms with Crippen molar-refractivity contribution in [3.8, 4) is 0 Å². The van der Waals surface area contributed by atoms with Crippen LogP contribution in [-0.4, -0.2) is 46.6 Å². The number of hydrogen-bond acceptors (Lipinski definition) is 4. The maximum absolute atomic E-state index is 12.6. The first kappa shape index (κ1) is 15.8. The molecule has 0 radical (unpaired) electrons. The van der Waals surface area contributed by atoms with E-state index >= 15 is 0 Å². The second-order valence-corrected chi connectivity index (χ2v) is 5.72. The summed E-state index contributed by atoms with van der Waals surface area (Å²) < 4.78 is 0. The fraction of sp³-hybridized carbons (Fsp3) is 0.625. The summed E-state index contributed by atoms with van der Waals surface area (Å²) in [6.07, 6.45) is 5.79. The highest BCUT2D eigenvalue weighted by Gasteiger charge is 2.27. The lowest BCUT2D eigenvalue weighted by molar-refractivity contribution is 0.0522. The first-order valence-electron chi connectivity index (χ1n) is 7.78. The molecule has 0 spiro atoms. The van der Waals surface area contributed by atoms with Crippen LogP contribution in [-0.2, 0) is 0 Å². The van der Waals surface area contributed by atoms with Crippen molar-refractivity contribution in [3.63, 3.8) is 0 Å². The van der Waals surface area contributed by atoms with E-state index in [0.29, 0.717) is 24.6 Å². The highest BCUT2D eigenvalue weighted by Crippen LogP contribution is 2.23. The molecule has 2 N–H and O–H groups in total. The number of aliphatic hydroxyl groups is 1. The average Bonchev–Trinajstić information content (AvgIpc) is 2.52. The van der Waals surface area contributed by atoms with E-state index in [4.69, 9.17) is 0 Å². The van der Waals surface area contributed by atoms with Gasteiger partial charge in [0.05, 0.1) is 17.4 Å². The Morgan fingerprint density at radius 3 is 2.86 bits per heavy atom. The minimum atomic E-state index is -0.289. The molecule has 5 heteroatoms. The highest BCUT2D eigenvalue weighted by atomic mass is 16.3. The van der Waals surface area contributed by atoms with E-state index < -0.39 is 0 Å². The minimum Gasteiger partial charge on any atom is -0.393 e. The van der Waals surface area contributed by atoms with Crippen molar-refractivity contribution < 1.29 is 9.90 Å². The van der Waals surface area contributed by atoms with Gasteiger partial charge in [0.25, 0.3) is 5.91 Å². The maximum Gasteiger partial charge on any atom is 0.257 e. The molecule has 2 heterocycles. The molecule has 1 aromatic rings. The number of nitrogens with zero attached hydrogens (tertiary/aromatic N) is 2. The summed E-state index contributed by atoms with van der Waals surface area (Å²) in [5.74, 6) is 0.339. The topological polar surface area (TPSA) is 65.5 Å². The molecule has 2 rings (SSSR count). The van der Waals surface area contributed by atoms with Gasteiger partial charge >= 0.3 is 0 Å². The van der Waals surface area contributed by atoms with Crippen LogP contribution < -0.4 is 5.32 Å². The molecule has 1 atom stereocenters. The standard InChI is InChI=1S/C16H25N3O2/c1-3-7-18-15-4-8-17-11-14(15)16(21)19-9-5-13(6-10-19)12(2)20/h4,8,11-13,20H,3,5-7,9-10H2,1-2H3,(H,17,18). The Bertz CT molecular complexity index is 468. The Morgan fingerprint density at radius 1 is 1.52 bits per heavy atom. The summed E-state index contributed by atoms with van der Waals surface area (Å²) >= 11 is 0. The molecule has 1 fully saturated rings. The molecule has 1 aliphatic heterocycles. The summed E-state index contributed by atoms with van der Waals surface area (Å²) in [6.45, 7) is 6.17. The molecule has 5 nitrogen and oxygen atoms in total. The van der Waals surface area contributed by atoms with Crippen LogP contribution in [0.4, 0.5) is 5.69 Å². The zero-order chi connectivity index (χ0) is 15.2. The molecule has 0 aromatic carbocycles. The normalized spacial score (nSPS) is 17.6. The number of hydrogen-bond donors (Lipinski definition) is 2. The van der Waals surface area contributed by atoms with Gasteiger partial charge in [0.15, 0.2) is 0 Å². The van der Waals surface area contributed by atoms with Crippen LogP contribution in [0.5, 0.6) is 0 Å². The maximum atomic E-state index is 12.6. The van der Waals surface area contributed by atoms with Crippen LogP contribution in [0.15, 0.2) is 18.5 Å². The quantitative estimate of drug-likeness (QED) is 0.872. The number of carbonyl (C=O) groups is 1. The fourth-order valence-electron chi connectivity index (χ4n) is 2.73. The van der Waals surface area contributed by atoms with Crippen molar-refractivity contribution in [1.82, 2.24) is 9.88 Å². The van der Waals surface area contributed by atoms with Crippen molar-refractivity contribution in [2.75, 3.05) is 25.0 Å². The predicted molar refractivity (Wildman–Crippen MR) is 83.3 cm³/mol. The first-order chi connectivity index (χ1) is 10.1. The summed E-state index contributed by atoms with van der Waals surface area (Å²) in [7, 11) is 0. The lowest BCUT2D eigenvalue weighted by Crippen LogP contribution is -2.41. The SMILES string of the molecule is CCCNc1ccncc1C(=O)N1CCC(C(C)O)CC1. The number of amides is 1. The Balaban J connectivity index is 2.04. The number of carbonyl (C=O) groups excluding carboxylic acids is 1. The average molecular weight is 291 g/mol.